The van der Waals surface area contributed by atoms with Gasteiger partial charge < -0.3 is 9.88 Å². The lowest BCUT2D eigenvalue weighted by Crippen LogP contribution is -2.26. The number of rotatable bonds is 5. The Bertz CT molecular complexity index is 553. The maximum absolute atomic E-state index is 14.0. The molecule has 0 radical (unpaired) electrons. The van der Waals surface area contributed by atoms with E-state index >= 15 is 0 Å². The summed E-state index contributed by atoms with van der Waals surface area (Å²) in [6.07, 6.45) is 3.62. The van der Waals surface area contributed by atoms with Crippen molar-refractivity contribution in [1.29, 1.82) is 0 Å². The molecule has 19 heavy (non-hydrogen) atoms. The molecule has 5 heteroatoms. The van der Waals surface area contributed by atoms with Crippen molar-refractivity contribution in [2.24, 2.45) is 0 Å². The van der Waals surface area contributed by atoms with E-state index in [4.69, 9.17) is 11.6 Å². The Morgan fingerprint density at radius 2 is 2.21 bits per heavy atom. The van der Waals surface area contributed by atoms with Crippen LogP contribution in [-0.4, -0.2) is 16.1 Å². The van der Waals surface area contributed by atoms with Gasteiger partial charge in [0.2, 0.25) is 0 Å². The summed E-state index contributed by atoms with van der Waals surface area (Å²) in [6, 6.07) is 4.30. The minimum atomic E-state index is -0.293. The molecular weight excluding hydrogens is 265 g/mol. The molecule has 1 unspecified atom stereocenters. The molecule has 0 aliphatic carbocycles. The zero-order chi connectivity index (χ0) is 13.8. The van der Waals surface area contributed by atoms with Crippen LogP contribution in [-0.2, 0) is 6.54 Å². The van der Waals surface area contributed by atoms with Crippen molar-refractivity contribution in [3.63, 3.8) is 0 Å². The van der Waals surface area contributed by atoms with Gasteiger partial charge in [0.05, 0.1) is 6.04 Å². The Labute approximate surface area is 117 Å². The highest BCUT2D eigenvalue weighted by molar-refractivity contribution is 6.30. The van der Waals surface area contributed by atoms with Gasteiger partial charge in [0, 0.05) is 29.5 Å². The molecule has 3 nitrogen and oxygen atoms in total. The molecule has 0 aliphatic heterocycles. The average molecular weight is 282 g/mol. The van der Waals surface area contributed by atoms with Crippen LogP contribution in [0.4, 0.5) is 4.39 Å². The van der Waals surface area contributed by atoms with E-state index in [1.807, 2.05) is 24.6 Å². The van der Waals surface area contributed by atoms with Crippen LogP contribution in [0.3, 0.4) is 0 Å². The minimum absolute atomic E-state index is 0.277. The molecule has 102 valence electrons. The minimum Gasteiger partial charge on any atom is -0.334 e. The van der Waals surface area contributed by atoms with Crippen LogP contribution in [0, 0.1) is 5.82 Å². The number of halogens is 2. The van der Waals surface area contributed by atoms with Gasteiger partial charge in [-0.25, -0.2) is 9.37 Å². The highest BCUT2D eigenvalue weighted by Crippen LogP contribution is 2.26. The standard InChI is InChI=1S/C14H17ClFN3/c1-3-17-13(14-18-7-8-19(14)4-2)11-9-10(15)5-6-12(11)16/h5-9,13,17H,3-4H2,1-2H3. The summed E-state index contributed by atoms with van der Waals surface area (Å²) in [7, 11) is 0. The fourth-order valence-electron chi connectivity index (χ4n) is 2.13. The molecule has 2 rings (SSSR count). The monoisotopic (exact) mass is 281 g/mol. The van der Waals surface area contributed by atoms with Gasteiger partial charge in [0.1, 0.15) is 11.6 Å². The second-order valence-electron chi connectivity index (χ2n) is 4.23. The lowest BCUT2D eigenvalue weighted by Gasteiger charge is -2.19. The lowest BCUT2D eigenvalue weighted by atomic mass is 10.1. The molecule has 0 saturated carbocycles. The Hall–Kier alpha value is -1.39. The summed E-state index contributed by atoms with van der Waals surface area (Å²) in [5, 5.41) is 3.78. The van der Waals surface area contributed by atoms with Crippen LogP contribution in [0.1, 0.15) is 31.3 Å². The SMILES string of the molecule is CCNC(c1cc(Cl)ccc1F)c1nccn1CC. The van der Waals surface area contributed by atoms with Gasteiger partial charge in [-0.2, -0.15) is 0 Å². The third kappa shape index (κ3) is 2.96. The lowest BCUT2D eigenvalue weighted by molar-refractivity contribution is 0.523. The molecule has 1 heterocycles. The van der Waals surface area contributed by atoms with Crippen molar-refractivity contribution in [2.75, 3.05) is 6.54 Å². The van der Waals surface area contributed by atoms with Crippen molar-refractivity contribution in [2.45, 2.75) is 26.4 Å². The molecule has 0 aliphatic rings. The first-order valence-corrected chi connectivity index (χ1v) is 6.74. The number of hydrogen-bond acceptors (Lipinski definition) is 2. The highest BCUT2D eigenvalue weighted by atomic mass is 35.5. The molecule has 1 aromatic heterocycles. The van der Waals surface area contributed by atoms with E-state index in [0.717, 1.165) is 12.4 Å². The molecule has 1 aromatic carbocycles. The second kappa shape index (κ2) is 6.17. The van der Waals surface area contributed by atoms with Crippen LogP contribution in [0.5, 0.6) is 0 Å². The molecule has 1 N–H and O–H groups in total. The van der Waals surface area contributed by atoms with Gasteiger partial charge in [-0.15, -0.1) is 0 Å². The van der Waals surface area contributed by atoms with E-state index in [1.165, 1.54) is 6.07 Å². The Morgan fingerprint density at radius 1 is 1.42 bits per heavy atom. The first kappa shape index (κ1) is 14.0. The molecule has 0 saturated heterocycles. The number of nitrogens with zero attached hydrogens (tertiary/aromatic N) is 2. The van der Waals surface area contributed by atoms with Gasteiger partial charge in [0.15, 0.2) is 0 Å². The van der Waals surface area contributed by atoms with Gasteiger partial charge in [-0.3, -0.25) is 0 Å². The summed E-state index contributed by atoms with van der Waals surface area (Å²) >= 11 is 5.97. The Balaban J connectivity index is 2.48. The van der Waals surface area contributed by atoms with E-state index in [1.54, 1.807) is 18.3 Å². The summed E-state index contributed by atoms with van der Waals surface area (Å²) in [4.78, 5) is 4.34. The van der Waals surface area contributed by atoms with Crippen molar-refractivity contribution >= 4 is 11.6 Å². The number of hydrogen-bond donors (Lipinski definition) is 1. The molecule has 2 aromatic rings. The fourth-order valence-corrected chi connectivity index (χ4v) is 2.31. The zero-order valence-corrected chi connectivity index (χ0v) is 11.8. The van der Waals surface area contributed by atoms with Crippen LogP contribution in [0.25, 0.3) is 0 Å². The topological polar surface area (TPSA) is 29.9 Å². The Kier molecular flexibility index (Phi) is 4.56. The van der Waals surface area contributed by atoms with Crippen LogP contribution >= 0.6 is 11.6 Å². The van der Waals surface area contributed by atoms with Gasteiger partial charge in [-0.1, -0.05) is 18.5 Å². The summed E-state index contributed by atoms with van der Waals surface area (Å²) in [5.41, 5.74) is 0.523. The van der Waals surface area contributed by atoms with Gasteiger partial charge in [-0.05, 0) is 31.7 Å². The third-order valence-electron chi connectivity index (χ3n) is 3.02. The first-order chi connectivity index (χ1) is 9.17. The molecule has 0 amide bonds. The summed E-state index contributed by atoms with van der Waals surface area (Å²) in [5.74, 6) is 0.520. The van der Waals surface area contributed by atoms with Crippen molar-refractivity contribution in [1.82, 2.24) is 14.9 Å². The van der Waals surface area contributed by atoms with Crippen molar-refractivity contribution in [3.8, 4) is 0 Å². The Morgan fingerprint density at radius 3 is 2.89 bits per heavy atom. The predicted octanol–water partition coefficient (Wildman–Crippen LogP) is 3.39. The van der Waals surface area contributed by atoms with E-state index in [-0.39, 0.29) is 11.9 Å². The van der Waals surface area contributed by atoms with Crippen molar-refractivity contribution in [3.05, 3.63) is 52.8 Å². The first-order valence-electron chi connectivity index (χ1n) is 6.36. The molecular formula is C14H17ClFN3. The largest absolute Gasteiger partial charge is 0.334 e. The number of aryl methyl sites for hydroxylation is 1. The zero-order valence-electron chi connectivity index (χ0n) is 11.0. The van der Waals surface area contributed by atoms with E-state index in [9.17, 15) is 4.39 Å². The van der Waals surface area contributed by atoms with Gasteiger partial charge in [0.25, 0.3) is 0 Å². The molecule has 0 fully saturated rings. The van der Waals surface area contributed by atoms with E-state index in [2.05, 4.69) is 10.3 Å². The third-order valence-corrected chi connectivity index (χ3v) is 3.26. The number of benzene rings is 1. The van der Waals surface area contributed by atoms with Crippen LogP contribution in [0.15, 0.2) is 30.6 Å². The normalized spacial score (nSPS) is 12.6. The van der Waals surface area contributed by atoms with Crippen molar-refractivity contribution < 1.29 is 4.39 Å². The van der Waals surface area contributed by atoms with E-state index in [0.29, 0.717) is 17.1 Å². The quantitative estimate of drug-likeness (QED) is 0.910. The summed E-state index contributed by atoms with van der Waals surface area (Å²) < 4.78 is 16.0. The fraction of sp³-hybridized carbons (Fsp3) is 0.357. The number of imidazole rings is 1. The summed E-state index contributed by atoms with van der Waals surface area (Å²) in [6.45, 7) is 5.52. The molecule has 0 spiro atoms. The highest BCUT2D eigenvalue weighted by Gasteiger charge is 2.21. The maximum Gasteiger partial charge on any atom is 0.130 e. The van der Waals surface area contributed by atoms with Crippen LogP contribution in [0.2, 0.25) is 5.02 Å². The van der Waals surface area contributed by atoms with Crippen LogP contribution < -0.4 is 5.32 Å². The van der Waals surface area contributed by atoms with Gasteiger partial charge >= 0.3 is 0 Å². The maximum atomic E-state index is 14.0. The molecule has 1 atom stereocenters. The predicted molar refractivity (Wildman–Crippen MR) is 74.8 cm³/mol. The number of aromatic nitrogens is 2. The van der Waals surface area contributed by atoms with E-state index < -0.39 is 0 Å². The average Bonchev–Trinajstić information content (AvgIpc) is 2.87. The molecule has 0 bridgehead atoms. The smallest absolute Gasteiger partial charge is 0.130 e. The number of nitrogens with one attached hydrogen (secondary N) is 1. The second-order valence-corrected chi connectivity index (χ2v) is 4.66.